The van der Waals surface area contributed by atoms with Crippen LogP contribution in [0.1, 0.15) is 50.3 Å². The average molecular weight is 314 g/mol. The molecule has 0 radical (unpaired) electrons. The first-order valence-corrected chi connectivity index (χ1v) is 7.51. The van der Waals surface area contributed by atoms with Crippen molar-refractivity contribution in [3.63, 3.8) is 0 Å². The van der Waals surface area contributed by atoms with Crippen molar-refractivity contribution >= 4 is 6.03 Å². The number of alkyl halides is 3. The first kappa shape index (κ1) is 16.6. The van der Waals surface area contributed by atoms with E-state index in [1.54, 1.807) is 13.0 Å². The van der Waals surface area contributed by atoms with E-state index < -0.39 is 17.8 Å². The number of carbonyl (C=O) groups is 1. The summed E-state index contributed by atoms with van der Waals surface area (Å²) in [5, 5.41) is 5.61. The molecule has 0 spiro atoms. The van der Waals surface area contributed by atoms with Crippen LogP contribution in [-0.4, -0.2) is 12.1 Å². The lowest BCUT2D eigenvalue weighted by molar-refractivity contribution is -0.137. The fraction of sp³-hybridized carbons (Fsp3) is 0.562. The maximum Gasteiger partial charge on any atom is 0.416 e. The third kappa shape index (κ3) is 4.15. The predicted octanol–water partition coefficient (Wildman–Crippen LogP) is 4.25. The van der Waals surface area contributed by atoms with Gasteiger partial charge in [0.1, 0.15) is 0 Å². The summed E-state index contributed by atoms with van der Waals surface area (Å²) in [5.74, 6) is 0.439. The fourth-order valence-corrected chi connectivity index (χ4v) is 2.83. The number of benzene rings is 1. The topological polar surface area (TPSA) is 41.1 Å². The van der Waals surface area contributed by atoms with Crippen molar-refractivity contribution in [3.05, 3.63) is 35.4 Å². The maximum atomic E-state index is 12.7. The van der Waals surface area contributed by atoms with E-state index in [4.69, 9.17) is 0 Å². The Morgan fingerprint density at radius 1 is 1.32 bits per heavy atom. The molecule has 1 aliphatic carbocycles. The third-order valence-corrected chi connectivity index (χ3v) is 4.24. The van der Waals surface area contributed by atoms with Crippen molar-refractivity contribution in [2.75, 3.05) is 0 Å². The van der Waals surface area contributed by atoms with Crippen molar-refractivity contribution in [2.45, 2.75) is 51.4 Å². The van der Waals surface area contributed by atoms with E-state index >= 15 is 0 Å². The van der Waals surface area contributed by atoms with E-state index in [0.29, 0.717) is 11.5 Å². The Kier molecular flexibility index (Phi) is 4.98. The van der Waals surface area contributed by atoms with Gasteiger partial charge in [-0.2, -0.15) is 13.2 Å². The van der Waals surface area contributed by atoms with E-state index in [0.717, 1.165) is 31.4 Å². The van der Waals surface area contributed by atoms with Gasteiger partial charge in [0.05, 0.1) is 11.6 Å². The lowest BCUT2D eigenvalue weighted by Gasteiger charge is -2.21. The van der Waals surface area contributed by atoms with Gasteiger partial charge in [0.25, 0.3) is 0 Å². The van der Waals surface area contributed by atoms with E-state index in [1.165, 1.54) is 6.07 Å². The van der Waals surface area contributed by atoms with Gasteiger partial charge in [0.15, 0.2) is 0 Å². The van der Waals surface area contributed by atoms with Crippen LogP contribution in [0.15, 0.2) is 24.3 Å². The van der Waals surface area contributed by atoms with Crippen molar-refractivity contribution in [2.24, 2.45) is 5.92 Å². The Morgan fingerprint density at radius 2 is 2.05 bits per heavy atom. The number of carbonyl (C=O) groups excluding carboxylic acids is 1. The molecule has 3 nitrogen and oxygen atoms in total. The van der Waals surface area contributed by atoms with Gasteiger partial charge < -0.3 is 10.6 Å². The number of hydrogen-bond acceptors (Lipinski definition) is 1. The van der Waals surface area contributed by atoms with Crippen LogP contribution in [0.4, 0.5) is 18.0 Å². The van der Waals surface area contributed by atoms with Crippen LogP contribution >= 0.6 is 0 Å². The Morgan fingerprint density at radius 3 is 2.64 bits per heavy atom. The number of nitrogens with one attached hydrogen (secondary N) is 2. The Hall–Kier alpha value is -1.72. The van der Waals surface area contributed by atoms with Gasteiger partial charge in [-0.05, 0) is 43.4 Å². The Balaban J connectivity index is 1.97. The molecule has 0 heterocycles. The molecule has 0 bridgehead atoms. The zero-order valence-electron chi connectivity index (χ0n) is 12.7. The number of amides is 2. The highest BCUT2D eigenvalue weighted by Gasteiger charge is 2.31. The molecule has 0 saturated heterocycles. The van der Waals surface area contributed by atoms with E-state index in [9.17, 15) is 18.0 Å². The predicted molar refractivity (Wildman–Crippen MR) is 78.3 cm³/mol. The molecule has 0 aromatic heterocycles. The van der Waals surface area contributed by atoms with Crippen LogP contribution < -0.4 is 10.6 Å². The smallest absolute Gasteiger partial charge is 0.335 e. The van der Waals surface area contributed by atoms with Crippen LogP contribution in [-0.2, 0) is 6.18 Å². The quantitative estimate of drug-likeness (QED) is 0.860. The molecular weight excluding hydrogens is 293 g/mol. The summed E-state index contributed by atoms with van der Waals surface area (Å²) >= 11 is 0. The molecule has 1 aromatic carbocycles. The largest absolute Gasteiger partial charge is 0.416 e. The van der Waals surface area contributed by atoms with Crippen molar-refractivity contribution in [1.82, 2.24) is 10.6 Å². The highest BCUT2D eigenvalue weighted by Crippen LogP contribution is 2.30. The summed E-state index contributed by atoms with van der Waals surface area (Å²) < 4.78 is 38.1. The van der Waals surface area contributed by atoms with Gasteiger partial charge in [0.2, 0.25) is 0 Å². The molecule has 0 aliphatic heterocycles. The molecule has 1 aromatic rings. The molecule has 2 amide bonds. The van der Waals surface area contributed by atoms with Crippen LogP contribution in [0.25, 0.3) is 0 Å². The van der Waals surface area contributed by atoms with E-state index in [1.807, 2.05) is 0 Å². The second-order valence-electron chi connectivity index (χ2n) is 5.98. The summed E-state index contributed by atoms with van der Waals surface area (Å²) in [6, 6.07) is 4.36. The number of rotatable bonds is 3. The minimum Gasteiger partial charge on any atom is -0.335 e. The molecule has 6 heteroatoms. The zero-order valence-corrected chi connectivity index (χ0v) is 12.7. The first-order chi connectivity index (χ1) is 10.3. The second kappa shape index (κ2) is 6.58. The normalized spacial score (nSPS) is 23.1. The molecule has 1 aliphatic rings. The van der Waals surface area contributed by atoms with Crippen LogP contribution in [0.3, 0.4) is 0 Å². The van der Waals surface area contributed by atoms with Gasteiger partial charge >= 0.3 is 12.2 Å². The molecule has 1 saturated carbocycles. The third-order valence-electron chi connectivity index (χ3n) is 4.24. The molecule has 2 rings (SSSR count). The number of halogens is 3. The molecule has 22 heavy (non-hydrogen) atoms. The first-order valence-electron chi connectivity index (χ1n) is 7.51. The summed E-state index contributed by atoms with van der Waals surface area (Å²) in [4.78, 5) is 12.0. The summed E-state index contributed by atoms with van der Waals surface area (Å²) in [6.07, 6.45) is -1.24. The molecule has 1 fully saturated rings. The zero-order chi connectivity index (χ0) is 16.3. The Labute approximate surface area is 128 Å². The van der Waals surface area contributed by atoms with Crippen molar-refractivity contribution < 1.29 is 18.0 Å². The highest BCUT2D eigenvalue weighted by molar-refractivity contribution is 5.74. The van der Waals surface area contributed by atoms with Gasteiger partial charge in [-0.25, -0.2) is 4.79 Å². The Bertz CT molecular complexity index is 530. The standard InChI is InChI=1S/C16H21F3N2O/c1-10-5-3-8-14(10)21-15(22)20-11(2)12-6-4-7-13(9-12)16(17,18)19/h4,6-7,9-11,14H,3,5,8H2,1-2H3,(H2,20,21,22). The molecule has 3 atom stereocenters. The number of urea groups is 1. The lowest BCUT2D eigenvalue weighted by atomic mass is 10.0. The minimum absolute atomic E-state index is 0.147. The summed E-state index contributed by atoms with van der Waals surface area (Å²) in [5.41, 5.74) is -0.270. The van der Waals surface area contributed by atoms with Crippen molar-refractivity contribution in [3.8, 4) is 0 Å². The van der Waals surface area contributed by atoms with Gasteiger partial charge in [-0.3, -0.25) is 0 Å². The monoisotopic (exact) mass is 314 g/mol. The average Bonchev–Trinajstić information content (AvgIpc) is 2.83. The number of hydrogen-bond donors (Lipinski definition) is 2. The van der Waals surface area contributed by atoms with Crippen LogP contribution in [0, 0.1) is 5.92 Å². The van der Waals surface area contributed by atoms with Gasteiger partial charge in [-0.1, -0.05) is 25.5 Å². The second-order valence-corrected chi connectivity index (χ2v) is 5.98. The van der Waals surface area contributed by atoms with Crippen molar-refractivity contribution in [1.29, 1.82) is 0 Å². The van der Waals surface area contributed by atoms with Gasteiger partial charge in [-0.15, -0.1) is 0 Å². The summed E-state index contributed by atoms with van der Waals surface area (Å²) in [6.45, 7) is 3.77. The molecule has 2 N–H and O–H groups in total. The van der Waals surface area contributed by atoms with Gasteiger partial charge in [0, 0.05) is 6.04 Å². The lowest BCUT2D eigenvalue weighted by Crippen LogP contribution is -2.44. The van der Waals surface area contributed by atoms with Crippen LogP contribution in [0.2, 0.25) is 0 Å². The molecule has 3 unspecified atom stereocenters. The highest BCUT2D eigenvalue weighted by atomic mass is 19.4. The van der Waals surface area contributed by atoms with E-state index in [-0.39, 0.29) is 12.1 Å². The minimum atomic E-state index is -4.38. The van der Waals surface area contributed by atoms with E-state index in [2.05, 4.69) is 17.6 Å². The fourth-order valence-electron chi connectivity index (χ4n) is 2.83. The maximum absolute atomic E-state index is 12.7. The SMILES string of the molecule is CC(NC(=O)NC1CCCC1C)c1cccc(C(F)(F)F)c1. The molecular formula is C16H21F3N2O. The van der Waals surface area contributed by atoms with Crippen LogP contribution in [0.5, 0.6) is 0 Å². The summed E-state index contributed by atoms with van der Waals surface area (Å²) in [7, 11) is 0. The molecule has 122 valence electrons.